The van der Waals surface area contributed by atoms with Gasteiger partial charge in [-0.2, -0.15) is 8.42 Å². The van der Waals surface area contributed by atoms with Gasteiger partial charge >= 0.3 is 0 Å². The highest BCUT2D eigenvalue weighted by molar-refractivity contribution is 7.90. The Morgan fingerprint density at radius 2 is 1.72 bits per heavy atom. The van der Waals surface area contributed by atoms with Gasteiger partial charge in [0.15, 0.2) is 0 Å². The molecule has 1 fully saturated rings. The SMILES string of the molecule is O=S(=O)(N=C=NC1CCCCC1)c1ccccc1. The average Bonchev–Trinajstić information content (AvgIpc) is 2.41. The Balaban J connectivity index is 2.10. The first-order valence-corrected chi connectivity index (χ1v) is 7.59. The van der Waals surface area contributed by atoms with Crippen LogP contribution in [0, 0.1) is 0 Å². The van der Waals surface area contributed by atoms with Crippen LogP contribution in [0.1, 0.15) is 32.1 Å². The van der Waals surface area contributed by atoms with Gasteiger partial charge in [-0.1, -0.05) is 41.9 Å². The van der Waals surface area contributed by atoms with Gasteiger partial charge in [0.05, 0.1) is 10.9 Å². The predicted octanol–water partition coefficient (Wildman–Crippen LogP) is 2.88. The second kappa shape index (κ2) is 5.94. The summed E-state index contributed by atoms with van der Waals surface area (Å²) >= 11 is 0. The number of rotatable bonds is 3. The molecule has 0 amide bonds. The molecule has 96 valence electrons. The quantitative estimate of drug-likeness (QED) is 0.788. The van der Waals surface area contributed by atoms with Gasteiger partial charge in [-0.25, -0.2) is 4.99 Å². The third-order valence-corrected chi connectivity index (χ3v) is 4.21. The van der Waals surface area contributed by atoms with E-state index in [4.69, 9.17) is 0 Å². The van der Waals surface area contributed by atoms with Crippen LogP contribution < -0.4 is 0 Å². The molecule has 1 saturated carbocycles. The van der Waals surface area contributed by atoms with Crippen LogP contribution in [0.15, 0.2) is 44.6 Å². The summed E-state index contributed by atoms with van der Waals surface area (Å²) in [5.41, 5.74) is 0. The highest BCUT2D eigenvalue weighted by Gasteiger charge is 2.12. The molecule has 5 heteroatoms. The van der Waals surface area contributed by atoms with Crippen molar-refractivity contribution in [2.45, 2.75) is 43.0 Å². The lowest BCUT2D eigenvalue weighted by Crippen LogP contribution is -2.08. The lowest BCUT2D eigenvalue weighted by Gasteiger charge is -2.15. The van der Waals surface area contributed by atoms with Crippen molar-refractivity contribution in [1.82, 2.24) is 0 Å². The maximum atomic E-state index is 11.8. The molecule has 0 radical (unpaired) electrons. The minimum Gasteiger partial charge on any atom is -0.221 e. The number of aliphatic imine (C=N–C) groups is 1. The summed E-state index contributed by atoms with van der Waals surface area (Å²) in [6, 6.07) is 10.7. The second-order valence-electron chi connectivity index (χ2n) is 4.40. The van der Waals surface area contributed by atoms with E-state index in [1.54, 1.807) is 18.2 Å². The van der Waals surface area contributed by atoms with E-state index in [1.165, 1.54) is 18.6 Å². The monoisotopic (exact) mass is 264 g/mol. The van der Waals surface area contributed by atoms with E-state index in [2.05, 4.69) is 15.4 Å². The van der Waals surface area contributed by atoms with E-state index in [9.17, 15) is 8.42 Å². The topological polar surface area (TPSA) is 58.9 Å². The van der Waals surface area contributed by atoms with Gasteiger partial charge in [-0.15, -0.1) is 0 Å². The van der Waals surface area contributed by atoms with Crippen LogP contribution in [-0.4, -0.2) is 20.5 Å². The standard InChI is InChI=1S/C13H16N2O2S/c16-18(17,13-9-5-2-6-10-13)15-11-14-12-7-3-1-4-8-12/h2,5-6,9-10,12H,1,3-4,7-8H2. The first kappa shape index (κ1) is 13.0. The zero-order valence-electron chi connectivity index (χ0n) is 10.1. The van der Waals surface area contributed by atoms with Crippen molar-refractivity contribution < 1.29 is 8.42 Å². The molecule has 0 atom stereocenters. The summed E-state index contributed by atoms with van der Waals surface area (Å²) in [5, 5.41) is 0. The number of sulfonamides is 1. The van der Waals surface area contributed by atoms with Gasteiger partial charge in [0, 0.05) is 0 Å². The summed E-state index contributed by atoms with van der Waals surface area (Å²) in [4.78, 5) is 4.28. The average molecular weight is 264 g/mol. The molecule has 18 heavy (non-hydrogen) atoms. The molecular formula is C13H16N2O2S. The summed E-state index contributed by atoms with van der Waals surface area (Å²) in [7, 11) is -3.64. The van der Waals surface area contributed by atoms with Crippen molar-refractivity contribution in [2.24, 2.45) is 9.39 Å². The van der Waals surface area contributed by atoms with Gasteiger partial charge in [0.25, 0.3) is 10.0 Å². The predicted molar refractivity (Wildman–Crippen MR) is 70.4 cm³/mol. The van der Waals surface area contributed by atoms with E-state index >= 15 is 0 Å². The van der Waals surface area contributed by atoms with Crippen molar-refractivity contribution in [3.05, 3.63) is 30.3 Å². The summed E-state index contributed by atoms with van der Waals surface area (Å²) in [5.74, 6) is 0. The largest absolute Gasteiger partial charge is 0.291 e. The minimum atomic E-state index is -3.64. The summed E-state index contributed by atoms with van der Waals surface area (Å²) in [6.45, 7) is 0. The number of nitrogens with zero attached hydrogens (tertiary/aromatic N) is 2. The Hall–Kier alpha value is -1.45. The van der Waals surface area contributed by atoms with Gasteiger partial charge in [-0.3, -0.25) is 0 Å². The molecule has 1 aliphatic carbocycles. The molecule has 0 heterocycles. The Morgan fingerprint density at radius 1 is 1.06 bits per heavy atom. The van der Waals surface area contributed by atoms with E-state index in [1.807, 2.05) is 0 Å². The Morgan fingerprint density at radius 3 is 2.39 bits per heavy atom. The zero-order valence-corrected chi connectivity index (χ0v) is 10.9. The first-order valence-electron chi connectivity index (χ1n) is 6.15. The Bertz CT molecular complexity index is 540. The van der Waals surface area contributed by atoms with Crippen molar-refractivity contribution in [3.63, 3.8) is 0 Å². The molecule has 0 unspecified atom stereocenters. The smallest absolute Gasteiger partial charge is 0.221 e. The molecule has 0 saturated heterocycles. The van der Waals surface area contributed by atoms with Crippen LogP contribution in [0.25, 0.3) is 0 Å². The van der Waals surface area contributed by atoms with Crippen LogP contribution in [-0.2, 0) is 10.0 Å². The normalized spacial score (nSPS) is 16.9. The number of hydrogen-bond acceptors (Lipinski definition) is 3. The van der Waals surface area contributed by atoms with Crippen LogP contribution >= 0.6 is 0 Å². The third kappa shape index (κ3) is 3.52. The van der Waals surface area contributed by atoms with Crippen LogP contribution in [0.3, 0.4) is 0 Å². The second-order valence-corrected chi connectivity index (χ2v) is 6.00. The van der Waals surface area contributed by atoms with Crippen molar-refractivity contribution >= 4 is 16.0 Å². The van der Waals surface area contributed by atoms with Gasteiger partial charge in [0.2, 0.25) is 0 Å². The molecule has 0 spiro atoms. The van der Waals surface area contributed by atoms with Crippen LogP contribution in [0.4, 0.5) is 0 Å². The fourth-order valence-electron chi connectivity index (χ4n) is 2.01. The van der Waals surface area contributed by atoms with Crippen LogP contribution in [0.5, 0.6) is 0 Å². The number of benzene rings is 1. The van der Waals surface area contributed by atoms with E-state index < -0.39 is 10.0 Å². The maximum Gasteiger partial charge on any atom is 0.291 e. The molecule has 0 aromatic heterocycles. The van der Waals surface area contributed by atoms with Gasteiger partial charge in [-0.05, 0) is 25.0 Å². The van der Waals surface area contributed by atoms with E-state index in [0.717, 1.165) is 25.7 Å². The third-order valence-electron chi connectivity index (χ3n) is 3.02. The lowest BCUT2D eigenvalue weighted by atomic mass is 9.96. The summed E-state index contributed by atoms with van der Waals surface area (Å²) < 4.78 is 27.0. The molecule has 2 rings (SSSR count). The molecule has 4 nitrogen and oxygen atoms in total. The molecule has 0 N–H and O–H groups in total. The lowest BCUT2D eigenvalue weighted by molar-refractivity contribution is 0.444. The van der Waals surface area contributed by atoms with E-state index in [-0.39, 0.29) is 10.9 Å². The summed E-state index contributed by atoms with van der Waals surface area (Å²) in [6.07, 6.45) is 5.57. The molecule has 1 aromatic carbocycles. The number of hydrogen-bond donors (Lipinski definition) is 0. The highest BCUT2D eigenvalue weighted by atomic mass is 32.2. The first-order chi connectivity index (χ1) is 8.68. The molecule has 0 aliphatic heterocycles. The Kier molecular flexibility index (Phi) is 4.28. The van der Waals surface area contributed by atoms with Crippen molar-refractivity contribution in [1.29, 1.82) is 0 Å². The molecule has 1 aliphatic rings. The highest BCUT2D eigenvalue weighted by Crippen LogP contribution is 2.19. The Labute approximate surface area is 108 Å². The molecular weight excluding hydrogens is 248 g/mol. The van der Waals surface area contributed by atoms with Gasteiger partial charge in [0.1, 0.15) is 6.01 Å². The van der Waals surface area contributed by atoms with Crippen molar-refractivity contribution in [2.75, 3.05) is 0 Å². The fraction of sp³-hybridized carbons (Fsp3) is 0.462. The maximum absolute atomic E-state index is 11.8. The van der Waals surface area contributed by atoms with Gasteiger partial charge < -0.3 is 0 Å². The van der Waals surface area contributed by atoms with Crippen LogP contribution in [0.2, 0.25) is 0 Å². The van der Waals surface area contributed by atoms with E-state index in [0.29, 0.717) is 0 Å². The molecule has 1 aromatic rings. The zero-order chi connectivity index (χ0) is 12.8. The molecule has 0 bridgehead atoms. The van der Waals surface area contributed by atoms with Crippen molar-refractivity contribution in [3.8, 4) is 0 Å². The fourth-order valence-corrected chi connectivity index (χ4v) is 2.78. The minimum absolute atomic E-state index is 0.177.